The highest BCUT2D eigenvalue weighted by Gasteiger charge is 1.98. The molecule has 0 aliphatic rings. The molecule has 0 N–H and O–H groups in total. The van der Waals surface area contributed by atoms with Gasteiger partial charge in [0.05, 0.1) is 5.52 Å². The van der Waals surface area contributed by atoms with Gasteiger partial charge in [-0.05, 0) is 24.6 Å². The molecule has 1 heteroatoms. The molecule has 0 bridgehead atoms. The van der Waals surface area contributed by atoms with E-state index in [4.69, 9.17) is 0 Å². The van der Waals surface area contributed by atoms with Crippen LogP contribution in [0, 0.1) is 6.92 Å². The smallest absolute Gasteiger partial charge is 0.0705 e. The largest absolute Gasteiger partial charge is 0.253 e. The molecule has 0 aliphatic heterocycles. The van der Waals surface area contributed by atoms with Gasteiger partial charge in [-0.3, -0.25) is 4.98 Å². The molecule has 1 aromatic heterocycles. The van der Waals surface area contributed by atoms with Crippen LogP contribution in [-0.2, 0) is 0 Å². The Balaban J connectivity index is 2.61. The van der Waals surface area contributed by atoms with Gasteiger partial charge in [0, 0.05) is 11.1 Å². The lowest BCUT2D eigenvalue weighted by atomic mass is 10.1. The lowest BCUT2D eigenvalue weighted by Gasteiger charge is -2.02. The Morgan fingerprint density at radius 2 is 2.07 bits per heavy atom. The average molecular weight is 195 g/mol. The zero-order valence-electron chi connectivity index (χ0n) is 8.77. The molecule has 1 nitrogen and oxygen atoms in total. The van der Waals surface area contributed by atoms with Gasteiger partial charge in [-0.1, -0.05) is 43.0 Å². The van der Waals surface area contributed by atoms with Gasteiger partial charge in [0.15, 0.2) is 0 Å². The first-order chi connectivity index (χ1) is 7.31. The maximum atomic E-state index is 4.54. The van der Waals surface area contributed by atoms with Crippen molar-refractivity contribution in [3.05, 3.63) is 60.3 Å². The molecule has 2 aromatic rings. The SMILES string of the molecule is C=C/C=C\c1cc2ccccc2nc1C. The minimum absolute atomic E-state index is 1.05. The van der Waals surface area contributed by atoms with Gasteiger partial charge in [0.25, 0.3) is 0 Å². The molecule has 0 saturated carbocycles. The van der Waals surface area contributed by atoms with Crippen molar-refractivity contribution in [2.45, 2.75) is 6.92 Å². The highest BCUT2D eigenvalue weighted by atomic mass is 14.7. The molecule has 74 valence electrons. The average Bonchev–Trinajstić information content (AvgIpc) is 2.26. The number of rotatable bonds is 2. The summed E-state index contributed by atoms with van der Waals surface area (Å²) >= 11 is 0. The monoisotopic (exact) mass is 195 g/mol. The predicted molar refractivity (Wildman–Crippen MR) is 65.7 cm³/mol. The molecule has 0 aliphatic carbocycles. The van der Waals surface area contributed by atoms with Crippen LogP contribution in [0.25, 0.3) is 17.0 Å². The van der Waals surface area contributed by atoms with Crippen LogP contribution < -0.4 is 0 Å². The molecule has 2 rings (SSSR count). The first-order valence-electron chi connectivity index (χ1n) is 4.97. The van der Waals surface area contributed by atoms with E-state index in [0.29, 0.717) is 0 Å². The van der Waals surface area contributed by atoms with Crippen molar-refractivity contribution in [2.24, 2.45) is 0 Å². The summed E-state index contributed by atoms with van der Waals surface area (Å²) in [7, 11) is 0. The number of fused-ring (bicyclic) bond motifs is 1. The second-order valence-corrected chi connectivity index (χ2v) is 3.45. The number of aryl methyl sites for hydroxylation is 1. The van der Waals surface area contributed by atoms with Gasteiger partial charge in [-0.15, -0.1) is 0 Å². The van der Waals surface area contributed by atoms with Gasteiger partial charge < -0.3 is 0 Å². The van der Waals surface area contributed by atoms with Crippen molar-refractivity contribution in [3.8, 4) is 0 Å². The van der Waals surface area contributed by atoms with Crippen molar-refractivity contribution in [1.29, 1.82) is 0 Å². The zero-order valence-corrected chi connectivity index (χ0v) is 8.77. The third-order valence-corrected chi connectivity index (χ3v) is 2.37. The summed E-state index contributed by atoms with van der Waals surface area (Å²) < 4.78 is 0. The van der Waals surface area contributed by atoms with Crippen LogP contribution in [0.1, 0.15) is 11.3 Å². The highest BCUT2D eigenvalue weighted by molar-refractivity contribution is 5.81. The molecule has 1 aromatic carbocycles. The van der Waals surface area contributed by atoms with Crippen molar-refractivity contribution in [3.63, 3.8) is 0 Å². The van der Waals surface area contributed by atoms with E-state index in [1.54, 1.807) is 6.08 Å². The van der Waals surface area contributed by atoms with E-state index in [1.165, 1.54) is 5.39 Å². The van der Waals surface area contributed by atoms with Crippen LogP contribution in [0.5, 0.6) is 0 Å². The van der Waals surface area contributed by atoms with Gasteiger partial charge in [-0.25, -0.2) is 0 Å². The van der Waals surface area contributed by atoms with Crippen molar-refractivity contribution in [1.82, 2.24) is 4.98 Å². The van der Waals surface area contributed by atoms with Crippen molar-refractivity contribution in [2.75, 3.05) is 0 Å². The highest BCUT2D eigenvalue weighted by Crippen LogP contribution is 2.17. The van der Waals surface area contributed by atoms with Gasteiger partial charge in [-0.2, -0.15) is 0 Å². The molecule has 0 radical (unpaired) electrons. The lowest BCUT2D eigenvalue weighted by Crippen LogP contribution is -1.87. The summed E-state index contributed by atoms with van der Waals surface area (Å²) in [4.78, 5) is 4.54. The Kier molecular flexibility index (Phi) is 2.64. The first kappa shape index (κ1) is 9.66. The van der Waals surface area contributed by atoms with Gasteiger partial charge in [0.2, 0.25) is 0 Å². The minimum atomic E-state index is 1.05. The van der Waals surface area contributed by atoms with E-state index in [1.807, 2.05) is 37.3 Å². The molecule has 0 amide bonds. The molecule has 0 fully saturated rings. The summed E-state index contributed by atoms with van der Waals surface area (Å²) in [5, 5.41) is 1.17. The lowest BCUT2D eigenvalue weighted by molar-refractivity contribution is 1.24. The van der Waals surface area contributed by atoms with Crippen LogP contribution in [0.2, 0.25) is 0 Å². The van der Waals surface area contributed by atoms with Crippen LogP contribution in [-0.4, -0.2) is 4.98 Å². The number of nitrogens with zero attached hydrogens (tertiary/aromatic N) is 1. The van der Waals surface area contributed by atoms with Crippen molar-refractivity contribution < 1.29 is 0 Å². The fourth-order valence-corrected chi connectivity index (χ4v) is 1.57. The maximum absolute atomic E-state index is 4.54. The molecule has 15 heavy (non-hydrogen) atoms. The molecule has 0 spiro atoms. The van der Waals surface area contributed by atoms with E-state index in [9.17, 15) is 0 Å². The van der Waals surface area contributed by atoms with E-state index in [-0.39, 0.29) is 0 Å². The Hall–Kier alpha value is -1.89. The van der Waals surface area contributed by atoms with Crippen LogP contribution in [0.15, 0.2) is 49.1 Å². The van der Waals surface area contributed by atoms with E-state index < -0.39 is 0 Å². The minimum Gasteiger partial charge on any atom is -0.253 e. The molecule has 1 heterocycles. The molecular formula is C14H13N. The number of benzene rings is 1. The molecule has 0 atom stereocenters. The quantitative estimate of drug-likeness (QED) is 0.665. The second kappa shape index (κ2) is 4.09. The zero-order chi connectivity index (χ0) is 10.7. The second-order valence-electron chi connectivity index (χ2n) is 3.45. The summed E-state index contributed by atoms with van der Waals surface area (Å²) in [6, 6.07) is 10.3. The summed E-state index contributed by atoms with van der Waals surface area (Å²) in [5.41, 5.74) is 3.24. The Labute approximate surface area is 89.8 Å². The topological polar surface area (TPSA) is 12.9 Å². The van der Waals surface area contributed by atoms with E-state index in [2.05, 4.69) is 23.7 Å². The number of hydrogen-bond acceptors (Lipinski definition) is 1. The number of allylic oxidation sites excluding steroid dienone is 2. The van der Waals surface area contributed by atoms with Crippen LogP contribution in [0.4, 0.5) is 0 Å². The van der Waals surface area contributed by atoms with Crippen LogP contribution >= 0.6 is 0 Å². The van der Waals surface area contributed by atoms with E-state index >= 15 is 0 Å². The van der Waals surface area contributed by atoms with Gasteiger partial charge in [0.1, 0.15) is 0 Å². The number of aromatic nitrogens is 1. The van der Waals surface area contributed by atoms with E-state index in [0.717, 1.165) is 16.8 Å². The number of para-hydroxylation sites is 1. The molecule has 0 saturated heterocycles. The predicted octanol–water partition coefficient (Wildman–Crippen LogP) is 3.74. The molecule has 0 unspecified atom stereocenters. The number of pyridine rings is 1. The first-order valence-corrected chi connectivity index (χ1v) is 4.97. The van der Waals surface area contributed by atoms with Crippen molar-refractivity contribution >= 4 is 17.0 Å². The van der Waals surface area contributed by atoms with Crippen LogP contribution in [0.3, 0.4) is 0 Å². The maximum Gasteiger partial charge on any atom is 0.0705 e. The Bertz CT molecular complexity index is 524. The number of hydrogen-bond donors (Lipinski definition) is 0. The Morgan fingerprint density at radius 3 is 2.87 bits per heavy atom. The third kappa shape index (κ3) is 1.96. The fourth-order valence-electron chi connectivity index (χ4n) is 1.57. The summed E-state index contributed by atoms with van der Waals surface area (Å²) in [6.07, 6.45) is 5.73. The fraction of sp³-hybridized carbons (Fsp3) is 0.0714. The summed E-state index contributed by atoms with van der Waals surface area (Å²) in [5.74, 6) is 0. The Morgan fingerprint density at radius 1 is 1.27 bits per heavy atom. The normalized spacial score (nSPS) is 11.0. The molecular weight excluding hydrogens is 182 g/mol. The van der Waals surface area contributed by atoms with Gasteiger partial charge >= 0.3 is 0 Å². The standard InChI is InChI=1S/C14H13N/c1-3-4-7-12-10-13-8-5-6-9-14(13)15-11(12)2/h3-10H,1H2,2H3/b7-4-. The summed E-state index contributed by atoms with van der Waals surface area (Å²) in [6.45, 7) is 5.68. The third-order valence-electron chi connectivity index (χ3n) is 2.37.